The predicted octanol–water partition coefficient (Wildman–Crippen LogP) is 4.09. The molecule has 1 aromatic rings. The first kappa shape index (κ1) is 11.7. The lowest BCUT2D eigenvalue weighted by Gasteiger charge is -2.11. The summed E-state index contributed by atoms with van der Waals surface area (Å²) >= 11 is 0. The summed E-state index contributed by atoms with van der Waals surface area (Å²) in [6.07, 6.45) is 11.6. The van der Waals surface area contributed by atoms with E-state index in [2.05, 4.69) is 36.2 Å². The highest BCUT2D eigenvalue weighted by molar-refractivity contribution is 5.74. The van der Waals surface area contributed by atoms with E-state index in [-0.39, 0.29) is 0 Å². The molecule has 1 atom stereocenters. The lowest BCUT2D eigenvalue weighted by atomic mass is 9.95. The molecule has 0 amide bonds. The summed E-state index contributed by atoms with van der Waals surface area (Å²) in [6, 6.07) is 4.07. The molecule has 1 aliphatic rings. The zero-order valence-corrected chi connectivity index (χ0v) is 9.77. The summed E-state index contributed by atoms with van der Waals surface area (Å²) in [6.45, 7) is 6.23. The van der Waals surface area contributed by atoms with Crippen molar-refractivity contribution in [3.63, 3.8) is 0 Å². The van der Waals surface area contributed by atoms with E-state index in [4.69, 9.17) is 0 Å². The highest BCUT2D eigenvalue weighted by Gasteiger charge is 2.04. The number of nitrogens with zero attached hydrogens (tertiary/aromatic N) is 1. The van der Waals surface area contributed by atoms with Gasteiger partial charge in [-0.05, 0) is 29.5 Å². The van der Waals surface area contributed by atoms with Gasteiger partial charge in [0, 0.05) is 12.4 Å². The van der Waals surface area contributed by atoms with Gasteiger partial charge in [-0.2, -0.15) is 0 Å². The van der Waals surface area contributed by atoms with E-state index in [1.807, 2.05) is 26.1 Å². The maximum atomic E-state index is 4.10. The Balaban J connectivity index is 0.000000531. The standard InChI is InChI=1S/C12H13N.C2H6/c1-10-4-6-11(7-5-10)12-3-2-8-13-9-12;1-2/h2-4,6-10H,5H2,1H3;1-2H3/t10-;/m1./s1. The number of hydrogen-bond donors (Lipinski definition) is 0. The quantitative estimate of drug-likeness (QED) is 0.667. The summed E-state index contributed by atoms with van der Waals surface area (Å²) in [7, 11) is 0. The van der Waals surface area contributed by atoms with Gasteiger partial charge in [-0.15, -0.1) is 0 Å². The monoisotopic (exact) mass is 201 g/mol. The summed E-state index contributed by atoms with van der Waals surface area (Å²) in [5, 5.41) is 0. The predicted molar refractivity (Wildman–Crippen MR) is 66.5 cm³/mol. The van der Waals surface area contributed by atoms with Crippen LogP contribution >= 0.6 is 0 Å². The van der Waals surface area contributed by atoms with Gasteiger partial charge in [0.25, 0.3) is 0 Å². The van der Waals surface area contributed by atoms with Gasteiger partial charge in [0.1, 0.15) is 0 Å². The fourth-order valence-electron chi connectivity index (χ4n) is 1.47. The minimum atomic E-state index is 0.681. The van der Waals surface area contributed by atoms with Crippen molar-refractivity contribution in [3.8, 4) is 0 Å². The first-order valence-electron chi connectivity index (χ1n) is 5.65. The molecule has 1 heterocycles. The fraction of sp³-hybridized carbons (Fsp3) is 0.357. The molecular weight excluding hydrogens is 182 g/mol. The molecule has 80 valence electrons. The molecule has 0 saturated heterocycles. The molecule has 0 aliphatic heterocycles. The van der Waals surface area contributed by atoms with E-state index in [0.717, 1.165) is 6.42 Å². The molecule has 2 rings (SSSR count). The number of rotatable bonds is 1. The average molecular weight is 201 g/mol. The molecule has 0 fully saturated rings. The highest BCUT2D eigenvalue weighted by Crippen LogP contribution is 2.22. The maximum Gasteiger partial charge on any atom is 0.0346 e. The van der Waals surface area contributed by atoms with Gasteiger partial charge in [-0.3, -0.25) is 4.98 Å². The van der Waals surface area contributed by atoms with Crippen LogP contribution in [0.25, 0.3) is 5.57 Å². The summed E-state index contributed by atoms with van der Waals surface area (Å²) < 4.78 is 0. The van der Waals surface area contributed by atoms with Gasteiger partial charge >= 0.3 is 0 Å². The SMILES string of the molecule is CC.C[C@@H]1C=CC(c2cccnc2)=CC1. The van der Waals surface area contributed by atoms with E-state index in [9.17, 15) is 0 Å². The minimum absolute atomic E-state index is 0.681. The normalized spacial score (nSPS) is 18.9. The van der Waals surface area contributed by atoms with Crippen LogP contribution in [0.2, 0.25) is 0 Å². The molecule has 0 aromatic carbocycles. The van der Waals surface area contributed by atoms with Crippen molar-refractivity contribution in [2.45, 2.75) is 27.2 Å². The van der Waals surface area contributed by atoms with E-state index < -0.39 is 0 Å². The Morgan fingerprint density at radius 1 is 1.33 bits per heavy atom. The molecule has 0 unspecified atom stereocenters. The molecule has 0 saturated carbocycles. The van der Waals surface area contributed by atoms with Gasteiger partial charge in [-0.25, -0.2) is 0 Å². The van der Waals surface area contributed by atoms with Crippen LogP contribution < -0.4 is 0 Å². The maximum absolute atomic E-state index is 4.10. The third-order valence-electron chi connectivity index (χ3n) is 2.31. The Hall–Kier alpha value is -1.37. The third kappa shape index (κ3) is 3.35. The van der Waals surface area contributed by atoms with Crippen LogP contribution in [0.4, 0.5) is 0 Å². The molecule has 0 bridgehead atoms. The van der Waals surface area contributed by atoms with Crippen LogP contribution in [0, 0.1) is 5.92 Å². The average Bonchev–Trinajstić information content (AvgIpc) is 2.34. The van der Waals surface area contributed by atoms with Gasteiger partial charge < -0.3 is 0 Å². The number of pyridine rings is 1. The first-order valence-corrected chi connectivity index (χ1v) is 5.65. The number of aromatic nitrogens is 1. The van der Waals surface area contributed by atoms with Crippen LogP contribution in [0.1, 0.15) is 32.8 Å². The lowest BCUT2D eigenvalue weighted by molar-refractivity contribution is 0.739. The Labute approximate surface area is 92.6 Å². The van der Waals surface area contributed by atoms with Crippen molar-refractivity contribution < 1.29 is 0 Å². The molecule has 15 heavy (non-hydrogen) atoms. The molecular formula is C14H19N. The van der Waals surface area contributed by atoms with Crippen LogP contribution in [0.3, 0.4) is 0 Å². The number of allylic oxidation sites excluding steroid dienone is 4. The summed E-state index contributed by atoms with van der Waals surface area (Å²) in [5.74, 6) is 0.681. The van der Waals surface area contributed by atoms with E-state index in [0.29, 0.717) is 5.92 Å². The van der Waals surface area contributed by atoms with E-state index >= 15 is 0 Å². The van der Waals surface area contributed by atoms with Crippen LogP contribution in [-0.2, 0) is 0 Å². The van der Waals surface area contributed by atoms with Crippen molar-refractivity contribution in [2.75, 3.05) is 0 Å². The van der Waals surface area contributed by atoms with Crippen molar-refractivity contribution >= 4 is 5.57 Å². The zero-order valence-electron chi connectivity index (χ0n) is 9.77. The van der Waals surface area contributed by atoms with Crippen LogP contribution in [0.15, 0.2) is 42.8 Å². The second kappa shape index (κ2) is 6.18. The van der Waals surface area contributed by atoms with Gasteiger partial charge in [0.05, 0.1) is 0 Å². The minimum Gasteiger partial charge on any atom is -0.264 e. The van der Waals surface area contributed by atoms with Crippen molar-refractivity contribution in [1.29, 1.82) is 0 Å². The van der Waals surface area contributed by atoms with Crippen LogP contribution in [0.5, 0.6) is 0 Å². The molecule has 1 aromatic heterocycles. The molecule has 1 aliphatic carbocycles. The van der Waals surface area contributed by atoms with E-state index in [1.165, 1.54) is 11.1 Å². The molecule has 0 radical (unpaired) electrons. The Morgan fingerprint density at radius 3 is 2.67 bits per heavy atom. The first-order chi connectivity index (χ1) is 7.36. The summed E-state index contributed by atoms with van der Waals surface area (Å²) in [5.41, 5.74) is 2.51. The lowest BCUT2D eigenvalue weighted by Crippen LogP contribution is -1.94. The topological polar surface area (TPSA) is 12.9 Å². The molecule has 0 spiro atoms. The second-order valence-electron chi connectivity index (χ2n) is 3.47. The van der Waals surface area contributed by atoms with E-state index in [1.54, 1.807) is 6.20 Å². The molecule has 1 nitrogen and oxygen atoms in total. The van der Waals surface area contributed by atoms with Crippen LogP contribution in [-0.4, -0.2) is 4.98 Å². The van der Waals surface area contributed by atoms with Gasteiger partial charge in [0.2, 0.25) is 0 Å². The van der Waals surface area contributed by atoms with Crippen molar-refractivity contribution in [3.05, 3.63) is 48.3 Å². The van der Waals surface area contributed by atoms with Crippen molar-refractivity contribution in [1.82, 2.24) is 4.98 Å². The fourth-order valence-corrected chi connectivity index (χ4v) is 1.47. The zero-order chi connectivity index (χ0) is 11.1. The smallest absolute Gasteiger partial charge is 0.0346 e. The Kier molecular flexibility index (Phi) is 4.82. The largest absolute Gasteiger partial charge is 0.264 e. The van der Waals surface area contributed by atoms with Gasteiger partial charge in [-0.1, -0.05) is 45.1 Å². The Bertz CT molecular complexity index is 336. The molecule has 0 N–H and O–H groups in total. The molecule has 1 heteroatoms. The summed E-state index contributed by atoms with van der Waals surface area (Å²) in [4.78, 5) is 4.10. The number of hydrogen-bond acceptors (Lipinski definition) is 1. The van der Waals surface area contributed by atoms with Gasteiger partial charge in [0.15, 0.2) is 0 Å². The second-order valence-corrected chi connectivity index (χ2v) is 3.47. The Morgan fingerprint density at radius 2 is 2.13 bits per heavy atom. The third-order valence-corrected chi connectivity index (χ3v) is 2.31. The highest BCUT2D eigenvalue weighted by atomic mass is 14.6. The van der Waals surface area contributed by atoms with Crippen molar-refractivity contribution in [2.24, 2.45) is 5.92 Å².